The number of furan rings is 1. The standard InChI is InChI=1S/C18H16ClN3O5S/c1-13-14(4-2-6-17(13)22(23)24)11-21(12-15-5-3-9-27-15)28(25,26)16-7-8-18(19)20-10-16/h2-10H,11-12H2,1H3. The van der Waals surface area contributed by atoms with Crippen molar-refractivity contribution in [2.75, 3.05) is 0 Å². The summed E-state index contributed by atoms with van der Waals surface area (Å²) in [5, 5.41) is 11.4. The van der Waals surface area contributed by atoms with E-state index in [1.54, 1.807) is 25.1 Å². The van der Waals surface area contributed by atoms with Crippen molar-refractivity contribution in [1.82, 2.24) is 9.29 Å². The van der Waals surface area contributed by atoms with Crippen LogP contribution in [0.2, 0.25) is 5.15 Å². The molecule has 0 saturated carbocycles. The minimum atomic E-state index is -3.96. The fourth-order valence-corrected chi connectivity index (χ4v) is 4.14. The van der Waals surface area contributed by atoms with Crippen LogP contribution in [0.25, 0.3) is 0 Å². The van der Waals surface area contributed by atoms with Crippen LogP contribution in [0.5, 0.6) is 0 Å². The number of hydrogen-bond donors (Lipinski definition) is 0. The van der Waals surface area contributed by atoms with E-state index in [9.17, 15) is 18.5 Å². The van der Waals surface area contributed by atoms with E-state index in [-0.39, 0.29) is 28.8 Å². The molecule has 0 fully saturated rings. The van der Waals surface area contributed by atoms with Crippen molar-refractivity contribution < 1.29 is 17.8 Å². The maximum atomic E-state index is 13.2. The Balaban J connectivity index is 2.02. The van der Waals surface area contributed by atoms with Gasteiger partial charge in [-0.05, 0) is 36.8 Å². The van der Waals surface area contributed by atoms with Crippen LogP contribution in [0.15, 0.2) is 64.2 Å². The first kappa shape index (κ1) is 20.0. The van der Waals surface area contributed by atoms with E-state index in [2.05, 4.69) is 4.98 Å². The van der Waals surface area contributed by atoms with Gasteiger partial charge in [-0.25, -0.2) is 13.4 Å². The summed E-state index contributed by atoms with van der Waals surface area (Å²) < 4.78 is 32.8. The minimum Gasteiger partial charge on any atom is -0.468 e. The molecule has 0 aliphatic rings. The second kappa shape index (κ2) is 8.09. The molecule has 3 rings (SSSR count). The van der Waals surface area contributed by atoms with Gasteiger partial charge in [0, 0.05) is 24.4 Å². The van der Waals surface area contributed by atoms with Gasteiger partial charge in [-0.3, -0.25) is 10.1 Å². The Labute approximate surface area is 166 Å². The highest BCUT2D eigenvalue weighted by Crippen LogP contribution is 2.26. The second-order valence-corrected chi connectivity index (χ2v) is 8.31. The molecule has 0 aliphatic carbocycles. The highest BCUT2D eigenvalue weighted by molar-refractivity contribution is 7.89. The number of nitro benzene ring substituents is 1. The van der Waals surface area contributed by atoms with Crippen LogP contribution in [0.3, 0.4) is 0 Å². The molecule has 0 atom stereocenters. The molecule has 0 amide bonds. The Morgan fingerprint density at radius 1 is 1.18 bits per heavy atom. The van der Waals surface area contributed by atoms with Gasteiger partial charge in [-0.15, -0.1) is 0 Å². The molecule has 0 bridgehead atoms. The third kappa shape index (κ3) is 4.22. The SMILES string of the molecule is Cc1c(CN(Cc2ccco2)S(=O)(=O)c2ccc(Cl)nc2)cccc1[N+](=O)[O-]. The third-order valence-corrected chi connectivity index (χ3v) is 6.21. The summed E-state index contributed by atoms with van der Waals surface area (Å²) in [6.45, 7) is 1.48. The number of pyridine rings is 1. The van der Waals surface area contributed by atoms with Crippen molar-refractivity contribution in [3.8, 4) is 0 Å². The van der Waals surface area contributed by atoms with E-state index >= 15 is 0 Å². The average Bonchev–Trinajstić information content (AvgIpc) is 3.16. The lowest BCUT2D eigenvalue weighted by Crippen LogP contribution is -2.30. The number of halogens is 1. The maximum Gasteiger partial charge on any atom is 0.272 e. The highest BCUT2D eigenvalue weighted by atomic mass is 35.5. The quantitative estimate of drug-likeness (QED) is 0.325. The van der Waals surface area contributed by atoms with Crippen molar-refractivity contribution in [2.24, 2.45) is 0 Å². The Hall–Kier alpha value is -2.75. The molecule has 0 radical (unpaired) electrons. The van der Waals surface area contributed by atoms with Crippen LogP contribution < -0.4 is 0 Å². The van der Waals surface area contributed by atoms with Crippen LogP contribution in [-0.4, -0.2) is 22.6 Å². The van der Waals surface area contributed by atoms with Crippen LogP contribution in [0.1, 0.15) is 16.9 Å². The molecular formula is C18H16ClN3O5S. The zero-order valence-electron chi connectivity index (χ0n) is 14.8. The summed E-state index contributed by atoms with van der Waals surface area (Å²) in [5.41, 5.74) is 0.855. The van der Waals surface area contributed by atoms with Gasteiger partial charge in [-0.2, -0.15) is 4.31 Å². The fraction of sp³-hybridized carbons (Fsp3) is 0.167. The van der Waals surface area contributed by atoms with Gasteiger partial charge in [0.1, 0.15) is 15.8 Å². The summed E-state index contributed by atoms with van der Waals surface area (Å²) in [5.74, 6) is 0.439. The number of aromatic nitrogens is 1. The predicted octanol–water partition coefficient (Wildman–Crippen LogP) is 3.94. The Morgan fingerprint density at radius 3 is 2.57 bits per heavy atom. The molecule has 0 spiro atoms. The van der Waals surface area contributed by atoms with Crippen LogP contribution in [0, 0.1) is 17.0 Å². The molecule has 0 unspecified atom stereocenters. The number of nitro groups is 1. The number of hydrogen-bond acceptors (Lipinski definition) is 6. The molecule has 0 aliphatic heterocycles. The van der Waals surface area contributed by atoms with Crippen LogP contribution >= 0.6 is 11.6 Å². The molecular weight excluding hydrogens is 406 g/mol. The highest BCUT2D eigenvalue weighted by Gasteiger charge is 2.27. The maximum absolute atomic E-state index is 13.2. The monoisotopic (exact) mass is 421 g/mol. The summed E-state index contributed by atoms with van der Waals surface area (Å²) in [4.78, 5) is 14.5. The van der Waals surface area contributed by atoms with Crippen molar-refractivity contribution >= 4 is 27.3 Å². The van der Waals surface area contributed by atoms with Gasteiger partial charge in [0.25, 0.3) is 5.69 Å². The van der Waals surface area contributed by atoms with Gasteiger partial charge >= 0.3 is 0 Å². The van der Waals surface area contributed by atoms with E-state index in [0.717, 1.165) is 0 Å². The van der Waals surface area contributed by atoms with Crippen LogP contribution in [0.4, 0.5) is 5.69 Å². The Bertz CT molecular complexity index is 1080. The molecule has 1 aromatic carbocycles. The van der Waals surface area contributed by atoms with Crippen LogP contribution in [-0.2, 0) is 23.1 Å². The lowest BCUT2D eigenvalue weighted by molar-refractivity contribution is -0.385. The van der Waals surface area contributed by atoms with E-state index in [4.69, 9.17) is 16.0 Å². The smallest absolute Gasteiger partial charge is 0.272 e. The summed E-state index contributed by atoms with van der Waals surface area (Å²) in [6, 6.07) is 10.6. The molecule has 28 heavy (non-hydrogen) atoms. The van der Waals surface area contributed by atoms with E-state index in [1.165, 1.54) is 41.0 Å². The first-order chi connectivity index (χ1) is 13.3. The van der Waals surface area contributed by atoms with Gasteiger partial charge in [-0.1, -0.05) is 23.7 Å². The molecule has 2 heterocycles. The Kier molecular flexibility index (Phi) is 5.78. The first-order valence-electron chi connectivity index (χ1n) is 8.16. The van der Waals surface area contributed by atoms with Gasteiger partial charge in [0.05, 0.1) is 17.7 Å². The van der Waals surface area contributed by atoms with Crippen molar-refractivity contribution in [2.45, 2.75) is 24.9 Å². The largest absolute Gasteiger partial charge is 0.468 e. The van der Waals surface area contributed by atoms with Crippen molar-refractivity contribution in [1.29, 1.82) is 0 Å². The average molecular weight is 422 g/mol. The van der Waals surface area contributed by atoms with Gasteiger partial charge in [0.2, 0.25) is 10.0 Å². The molecule has 8 nitrogen and oxygen atoms in total. The summed E-state index contributed by atoms with van der Waals surface area (Å²) in [7, 11) is -3.96. The number of rotatable bonds is 7. The van der Waals surface area contributed by atoms with Crippen molar-refractivity contribution in [3.63, 3.8) is 0 Å². The number of benzene rings is 1. The van der Waals surface area contributed by atoms with E-state index < -0.39 is 14.9 Å². The zero-order chi connectivity index (χ0) is 20.3. The predicted molar refractivity (Wildman–Crippen MR) is 102 cm³/mol. The Morgan fingerprint density at radius 2 is 1.96 bits per heavy atom. The minimum absolute atomic E-state index is 0.0356. The molecule has 3 aromatic rings. The molecule has 0 saturated heterocycles. The summed E-state index contributed by atoms with van der Waals surface area (Å²) >= 11 is 5.76. The molecule has 0 N–H and O–H groups in total. The normalized spacial score (nSPS) is 11.7. The zero-order valence-corrected chi connectivity index (χ0v) is 16.4. The van der Waals surface area contributed by atoms with Gasteiger partial charge < -0.3 is 4.42 Å². The molecule has 2 aromatic heterocycles. The number of nitrogens with zero attached hydrogens (tertiary/aromatic N) is 3. The molecule has 146 valence electrons. The first-order valence-corrected chi connectivity index (χ1v) is 9.98. The summed E-state index contributed by atoms with van der Waals surface area (Å²) in [6.07, 6.45) is 2.62. The number of sulfonamides is 1. The lowest BCUT2D eigenvalue weighted by Gasteiger charge is -2.22. The van der Waals surface area contributed by atoms with Gasteiger partial charge in [0.15, 0.2) is 0 Å². The van der Waals surface area contributed by atoms with E-state index in [0.29, 0.717) is 16.9 Å². The molecule has 10 heteroatoms. The van der Waals surface area contributed by atoms with Crippen molar-refractivity contribution in [3.05, 3.63) is 87.1 Å². The fourth-order valence-electron chi connectivity index (χ4n) is 2.70. The van der Waals surface area contributed by atoms with E-state index in [1.807, 2.05) is 0 Å². The topological polar surface area (TPSA) is 107 Å². The second-order valence-electron chi connectivity index (χ2n) is 5.99. The third-order valence-electron chi connectivity index (χ3n) is 4.21. The lowest BCUT2D eigenvalue weighted by atomic mass is 10.1.